The molecule has 6 heteroatoms. The summed E-state index contributed by atoms with van der Waals surface area (Å²) in [7, 11) is 0. The predicted molar refractivity (Wildman–Crippen MR) is 75.3 cm³/mol. The molecule has 0 atom stereocenters. The van der Waals surface area contributed by atoms with Gasteiger partial charge in [0.2, 0.25) is 0 Å². The number of H-pyrrole nitrogens is 1. The van der Waals surface area contributed by atoms with Crippen LogP contribution in [0.3, 0.4) is 0 Å². The zero-order valence-corrected chi connectivity index (χ0v) is 11.6. The molecule has 2 N–H and O–H groups in total. The Morgan fingerprint density at radius 1 is 1.35 bits per heavy atom. The topological polar surface area (TPSA) is 76.1 Å². The van der Waals surface area contributed by atoms with Crippen LogP contribution in [0, 0.1) is 0 Å². The van der Waals surface area contributed by atoms with Crippen LogP contribution in [0.2, 0.25) is 0 Å². The Hall–Kier alpha value is -2.50. The van der Waals surface area contributed by atoms with Gasteiger partial charge in [0.15, 0.2) is 0 Å². The van der Waals surface area contributed by atoms with E-state index in [1.54, 1.807) is 36.7 Å². The van der Waals surface area contributed by atoms with Crippen LogP contribution in [0.4, 0.5) is 4.79 Å². The molecule has 0 aliphatic rings. The number of aromatic nitrogens is 2. The number of imidazole rings is 1. The van der Waals surface area contributed by atoms with Crippen LogP contribution in [0.1, 0.15) is 20.8 Å². The van der Waals surface area contributed by atoms with Crippen molar-refractivity contribution in [2.75, 3.05) is 0 Å². The summed E-state index contributed by atoms with van der Waals surface area (Å²) in [5.74, 6) is 0.373. The van der Waals surface area contributed by atoms with Crippen LogP contribution in [-0.4, -0.2) is 21.2 Å². The van der Waals surface area contributed by atoms with E-state index in [0.717, 1.165) is 0 Å². The third-order valence-corrected chi connectivity index (χ3v) is 2.43. The first-order valence-electron chi connectivity index (χ1n) is 6.22. The minimum absolute atomic E-state index is 0.249. The Labute approximate surface area is 116 Å². The molecule has 0 saturated heterocycles. The molecule has 1 heterocycles. The minimum atomic E-state index is -0.531. The second-order valence-electron chi connectivity index (χ2n) is 5.40. The van der Waals surface area contributed by atoms with Gasteiger partial charge in [-0.2, -0.15) is 0 Å². The number of hydrogen-bond acceptors (Lipinski definition) is 3. The molecule has 0 fully saturated rings. The number of ether oxygens (including phenoxy) is 1. The van der Waals surface area contributed by atoms with E-state index in [1.165, 1.54) is 4.57 Å². The first-order valence-corrected chi connectivity index (χ1v) is 6.22. The van der Waals surface area contributed by atoms with Gasteiger partial charge in [0.05, 0.1) is 5.69 Å². The van der Waals surface area contributed by atoms with E-state index >= 15 is 0 Å². The number of benzene rings is 1. The fourth-order valence-corrected chi connectivity index (χ4v) is 1.66. The third-order valence-electron chi connectivity index (χ3n) is 2.43. The first-order chi connectivity index (χ1) is 9.35. The molecule has 6 nitrogen and oxygen atoms in total. The number of carbonyl (C=O) groups is 1. The van der Waals surface area contributed by atoms with E-state index in [1.807, 2.05) is 20.8 Å². The molecule has 2 rings (SSSR count). The van der Waals surface area contributed by atoms with Crippen molar-refractivity contribution in [1.82, 2.24) is 14.9 Å². The summed E-state index contributed by atoms with van der Waals surface area (Å²) in [5.41, 5.74) is 0.00493. The number of rotatable bonds is 2. The number of aromatic amines is 1. The summed E-state index contributed by atoms with van der Waals surface area (Å²) >= 11 is 0. The second kappa shape index (κ2) is 5.24. The fraction of sp³-hybridized carbons (Fsp3) is 0.286. The maximum atomic E-state index is 11.7. The molecule has 1 aromatic heterocycles. The maximum Gasteiger partial charge on any atom is 0.413 e. The molecule has 0 bridgehead atoms. The van der Waals surface area contributed by atoms with Gasteiger partial charge in [0.25, 0.3) is 0 Å². The molecule has 1 amide bonds. The molecular weight excluding hydrogens is 258 g/mol. The van der Waals surface area contributed by atoms with Crippen LogP contribution < -0.4 is 15.7 Å². The Kier molecular flexibility index (Phi) is 3.65. The van der Waals surface area contributed by atoms with E-state index < -0.39 is 6.09 Å². The average Bonchev–Trinajstić information content (AvgIpc) is 2.73. The Balaban J connectivity index is 2.17. The Morgan fingerprint density at radius 3 is 2.70 bits per heavy atom. The quantitative estimate of drug-likeness (QED) is 0.880. The third kappa shape index (κ3) is 3.50. The van der Waals surface area contributed by atoms with Gasteiger partial charge >= 0.3 is 11.8 Å². The zero-order valence-electron chi connectivity index (χ0n) is 11.6. The second-order valence-corrected chi connectivity index (χ2v) is 5.40. The average molecular weight is 275 g/mol. The number of carbonyl (C=O) groups excluding carboxylic acids is 1. The van der Waals surface area contributed by atoms with Crippen molar-refractivity contribution < 1.29 is 9.53 Å². The molecule has 0 aliphatic carbocycles. The number of nitrogens with zero attached hydrogens (tertiary/aromatic N) is 1. The van der Waals surface area contributed by atoms with Gasteiger partial charge in [-0.25, -0.2) is 9.59 Å². The lowest BCUT2D eigenvalue weighted by Crippen LogP contribution is -2.42. The smallest absolute Gasteiger partial charge is 0.410 e. The first kappa shape index (κ1) is 13.9. The molecule has 106 valence electrons. The summed E-state index contributed by atoms with van der Waals surface area (Å²) in [5, 5.41) is 2.70. The van der Waals surface area contributed by atoms with Crippen molar-refractivity contribution in [2.45, 2.75) is 26.3 Å². The summed E-state index contributed by atoms with van der Waals surface area (Å²) in [6.07, 6.45) is 2.62. The van der Waals surface area contributed by atoms with E-state index in [-0.39, 0.29) is 11.2 Å². The van der Waals surface area contributed by atoms with Gasteiger partial charge < -0.3 is 15.0 Å². The van der Waals surface area contributed by atoms with Crippen LogP contribution in [-0.2, 0) is 0 Å². The fourth-order valence-electron chi connectivity index (χ4n) is 1.66. The molecule has 0 radical (unpaired) electrons. The van der Waals surface area contributed by atoms with Crippen LogP contribution in [0.5, 0.6) is 5.75 Å². The van der Waals surface area contributed by atoms with Gasteiger partial charge in [-0.3, -0.25) is 4.57 Å². The molecule has 0 aliphatic heterocycles. The van der Waals surface area contributed by atoms with E-state index in [0.29, 0.717) is 11.4 Å². The Bertz CT molecular complexity index is 665. The zero-order chi connectivity index (χ0) is 14.8. The van der Waals surface area contributed by atoms with Crippen molar-refractivity contribution in [3.05, 3.63) is 47.1 Å². The van der Waals surface area contributed by atoms with Crippen LogP contribution in [0.25, 0.3) is 5.69 Å². The molecular formula is C14H17N3O3. The lowest BCUT2D eigenvalue weighted by atomic mass is 10.1. The van der Waals surface area contributed by atoms with E-state index in [2.05, 4.69) is 10.3 Å². The van der Waals surface area contributed by atoms with E-state index in [9.17, 15) is 9.59 Å². The lowest BCUT2D eigenvalue weighted by molar-refractivity contribution is 0.190. The van der Waals surface area contributed by atoms with Crippen molar-refractivity contribution in [3.8, 4) is 11.4 Å². The van der Waals surface area contributed by atoms with Crippen molar-refractivity contribution in [1.29, 1.82) is 0 Å². The molecule has 20 heavy (non-hydrogen) atoms. The van der Waals surface area contributed by atoms with Gasteiger partial charge in [0.1, 0.15) is 5.75 Å². The van der Waals surface area contributed by atoms with Gasteiger partial charge in [-0.15, -0.1) is 0 Å². The van der Waals surface area contributed by atoms with Crippen molar-refractivity contribution >= 4 is 6.09 Å². The normalized spacial score (nSPS) is 11.2. The van der Waals surface area contributed by atoms with Gasteiger partial charge in [-0.1, -0.05) is 6.07 Å². The highest BCUT2D eigenvalue weighted by molar-refractivity contribution is 5.71. The summed E-state index contributed by atoms with van der Waals surface area (Å²) < 4.78 is 6.62. The molecule has 2 aromatic rings. The number of nitrogens with one attached hydrogen (secondary N) is 2. The molecule has 0 spiro atoms. The summed E-state index contributed by atoms with van der Waals surface area (Å²) in [6, 6.07) is 6.75. The van der Waals surface area contributed by atoms with Crippen LogP contribution >= 0.6 is 0 Å². The Morgan fingerprint density at radius 2 is 2.10 bits per heavy atom. The minimum Gasteiger partial charge on any atom is -0.410 e. The lowest BCUT2D eigenvalue weighted by Gasteiger charge is -2.19. The molecule has 0 saturated carbocycles. The van der Waals surface area contributed by atoms with Gasteiger partial charge in [-0.05, 0) is 32.9 Å². The largest absolute Gasteiger partial charge is 0.413 e. The van der Waals surface area contributed by atoms with Gasteiger partial charge in [0, 0.05) is 24.0 Å². The van der Waals surface area contributed by atoms with Crippen molar-refractivity contribution in [3.63, 3.8) is 0 Å². The number of amides is 1. The highest BCUT2D eigenvalue weighted by Gasteiger charge is 2.15. The highest BCUT2D eigenvalue weighted by Crippen LogP contribution is 2.16. The molecule has 0 unspecified atom stereocenters. The monoisotopic (exact) mass is 275 g/mol. The van der Waals surface area contributed by atoms with Crippen molar-refractivity contribution in [2.24, 2.45) is 0 Å². The van der Waals surface area contributed by atoms with Crippen LogP contribution in [0.15, 0.2) is 41.5 Å². The predicted octanol–water partition coefficient (Wildman–Crippen LogP) is 2.05. The molecule has 1 aromatic carbocycles. The highest BCUT2D eigenvalue weighted by atomic mass is 16.6. The summed E-state index contributed by atoms with van der Waals surface area (Å²) in [4.78, 5) is 25.8. The SMILES string of the molecule is CC(C)(C)NC(=O)Oc1cccc(-n2cc[nH]c2=O)c1. The summed E-state index contributed by atoms with van der Waals surface area (Å²) in [6.45, 7) is 5.60. The van der Waals surface area contributed by atoms with E-state index in [4.69, 9.17) is 4.74 Å². The maximum absolute atomic E-state index is 11.7. The number of hydrogen-bond donors (Lipinski definition) is 2. The standard InChI is InChI=1S/C14H17N3O3/c1-14(2,3)16-13(19)20-11-6-4-5-10(9-11)17-8-7-15-12(17)18/h4-9H,1-3H3,(H,15,18)(H,16,19).